The Morgan fingerprint density at radius 3 is 1.48 bits per heavy atom. The Kier molecular flexibility index (Phi) is 7.32. The molecule has 0 heterocycles. The Balaban J connectivity index is 6.62. The lowest BCUT2D eigenvalue weighted by Crippen LogP contribution is -2.60. The van der Waals surface area contributed by atoms with Crippen LogP contribution in [-0.2, 0) is 9.59 Å². The minimum absolute atomic E-state index is 0.117. The maximum atomic E-state index is 12.5. The summed E-state index contributed by atoms with van der Waals surface area (Å²) in [5, 5.41) is 20.4. The van der Waals surface area contributed by atoms with Crippen LogP contribution in [0.1, 0.15) is 81.1 Å². The van der Waals surface area contributed by atoms with Crippen LogP contribution >= 0.6 is 0 Å². The normalized spacial score (nSPS) is 17.8. The monoisotopic (exact) mass is 328 g/mol. The molecule has 2 N–H and O–H groups in total. The fourth-order valence-corrected chi connectivity index (χ4v) is 5.04. The molecule has 0 fully saturated rings. The molecule has 0 saturated carbocycles. The van der Waals surface area contributed by atoms with Crippen LogP contribution in [-0.4, -0.2) is 22.2 Å². The molecular formula is C19H36O4. The predicted molar refractivity (Wildman–Crippen MR) is 93.4 cm³/mol. The molecule has 0 saturated heterocycles. The van der Waals surface area contributed by atoms with Gasteiger partial charge in [0.25, 0.3) is 0 Å². The van der Waals surface area contributed by atoms with Gasteiger partial charge in [0.05, 0.1) is 10.8 Å². The molecule has 23 heavy (non-hydrogen) atoms. The summed E-state index contributed by atoms with van der Waals surface area (Å²) in [6.07, 6.45) is 1.69. The zero-order chi connectivity index (χ0) is 18.6. The summed E-state index contributed by atoms with van der Waals surface area (Å²) in [6, 6.07) is 0. The fraction of sp³-hybridized carbons (Fsp3) is 0.895. The first-order valence-electron chi connectivity index (χ1n) is 8.81. The molecule has 0 aromatic rings. The molecule has 0 aliphatic carbocycles. The van der Waals surface area contributed by atoms with E-state index < -0.39 is 28.2 Å². The average molecular weight is 328 g/mol. The number of carboxylic acid groups (broad SMARTS) is 2. The zero-order valence-corrected chi connectivity index (χ0v) is 16.2. The smallest absolute Gasteiger partial charge is 0.311 e. The van der Waals surface area contributed by atoms with Crippen LogP contribution in [0.3, 0.4) is 0 Å². The van der Waals surface area contributed by atoms with E-state index in [1.165, 1.54) is 0 Å². The van der Waals surface area contributed by atoms with Crippen molar-refractivity contribution in [2.24, 2.45) is 28.1 Å². The second-order valence-corrected chi connectivity index (χ2v) is 8.38. The number of carbonyl (C=O) groups is 2. The maximum Gasteiger partial charge on any atom is 0.311 e. The van der Waals surface area contributed by atoms with Crippen LogP contribution in [0, 0.1) is 28.1 Å². The van der Waals surface area contributed by atoms with Crippen molar-refractivity contribution in [1.82, 2.24) is 0 Å². The molecule has 4 nitrogen and oxygen atoms in total. The highest BCUT2D eigenvalue weighted by molar-refractivity contribution is 5.87. The van der Waals surface area contributed by atoms with Crippen LogP contribution in [0.15, 0.2) is 0 Å². The number of rotatable bonds is 10. The summed E-state index contributed by atoms with van der Waals surface area (Å²) >= 11 is 0. The highest BCUT2D eigenvalue weighted by Crippen LogP contribution is 2.60. The average Bonchev–Trinajstić information content (AvgIpc) is 2.35. The summed E-state index contributed by atoms with van der Waals surface area (Å²) in [7, 11) is 0. The third-order valence-corrected chi connectivity index (χ3v) is 5.56. The van der Waals surface area contributed by atoms with E-state index in [4.69, 9.17) is 0 Å². The SMILES string of the molecule is CCC(CC(C)C)(C(=O)O)C(CC)(C(=O)O)C(C)(C)CC(C)C. The molecule has 0 radical (unpaired) electrons. The van der Waals surface area contributed by atoms with Crippen molar-refractivity contribution in [2.75, 3.05) is 0 Å². The topological polar surface area (TPSA) is 74.6 Å². The van der Waals surface area contributed by atoms with Crippen LogP contribution in [0.5, 0.6) is 0 Å². The number of aliphatic carboxylic acids is 2. The highest BCUT2D eigenvalue weighted by Gasteiger charge is 2.65. The summed E-state index contributed by atoms with van der Waals surface area (Å²) < 4.78 is 0. The Bertz CT molecular complexity index is 425. The zero-order valence-electron chi connectivity index (χ0n) is 16.2. The van der Waals surface area contributed by atoms with Gasteiger partial charge in [-0.25, -0.2) is 0 Å². The minimum atomic E-state index is -1.30. The minimum Gasteiger partial charge on any atom is -0.481 e. The lowest BCUT2D eigenvalue weighted by molar-refractivity contribution is -0.194. The van der Waals surface area contributed by atoms with Crippen molar-refractivity contribution in [2.45, 2.75) is 81.1 Å². The van der Waals surface area contributed by atoms with Crippen molar-refractivity contribution in [3.05, 3.63) is 0 Å². The third kappa shape index (κ3) is 3.72. The number of hydrogen-bond acceptors (Lipinski definition) is 2. The van der Waals surface area contributed by atoms with Gasteiger partial charge in [-0.1, -0.05) is 55.4 Å². The Hall–Kier alpha value is -1.06. The quantitative estimate of drug-likeness (QED) is 0.587. The number of carboxylic acids is 2. The first kappa shape index (κ1) is 21.9. The molecule has 0 rings (SSSR count). The molecule has 0 aliphatic heterocycles. The van der Waals surface area contributed by atoms with Crippen molar-refractivity contribution < 1.29 is 19.8 Å². The second-order valence-electron chi connectivity index (χ2n) is 8.38. The lowest BCUT2D eigenvalue weighted by Gasteiger charge is -2.54. The van der Waals surface area contributed by atoms with E-state index in [0.29, 0.717) is 31.6 Å². The van der Waals surface area contributed by atoms with Crippen molar-refractivity contribution in [3.63, 3.8) is 0 Å². The van der Waals surface area contributed by atoms with E-state index in [1.807, 2.05) is 41.5 Å². The molecule has 0 bridgehead atoms. The third-order valence-electron chi connectivity index (χ3n) is 5.56. The summed E-state index contributed by atoms with van der Waals surface area (Å²) in [5.41, 5.74) is -3.18. The molecule has 4 heteroatoms. The van der Waals surface area contributed by atoms with E-state index in [-0.39, 0.29) is 5.92 Å². The highest BCUT2D eigenvalue weighted by atomic mass is 16.4. The van der Waals surface area contributed by atoms with Crippen molar-refractivity contribution in [3.8, 4) is 0 Å². The summed E-state index contributed by atoms with van der Waals surface area (Å²) in [5.74, 6) is -1.53. The van der Waals surface area contributed by atoms with Gasteiger partial charge >= 0.3 is 11.9 Å². The standard InChI is InChI=1S/C19H36O4/c1-9-18(15(20)21,12-14(5)6)19(10-2,16(22)23)17(7,8)11-13(3)4/h13-14H,9-12H2,1-8H3,(H,20,21)(H,22,23). The van der Waals surface area contributed by atoms with E-state index in [0.717, 1.165) is 0 Å². The van der Waals surface area contributed by atoms with Gasteiger partial charge in [0.1, 0.15) is 0 Å². The van der Waals surface area contributed by atoms with Crippen LogP contribution in [0.4, 0.5) is 0 Å². The largest absolute Gasteiger partial charge is 0.481 e. The predicted octanol–water partition coefficient (Wildman–Crippen LogP) is 5.07. The van der Waals surface area contributed by atoms with E-state index >= 15 is 0 Å². The second kappa shape index (κ2) is 7.67. The molecule has 2 atom stereocenters. The maximum absolute atomic E-state index is 12.5. The molecule has 0 spiro atoms. The van der Waals surface area contributed by atoms with Gasteiger partial charge in [-0.15, -0.1) is 0 Å². The van der Waals surface area contributed by atoms with Gasteiger partial charge in [0.2, 0.25) is 0 Å². The lowest BCUT2D eigenvalue weighted by atomic mass is 9.46. The first-order valence-corrected chi connectivity index (χ1v) is 8.81. The van der Waals surface area contributed by atoms with Crippen LogP contribution < -0.4 is 0 Å². The number of hydrogen-bond donors (Lipinski definition) is 2. The Morgan fingerprint density at radius 2 is 1.26 bits per heavy atom. The van der Waals surface area contributed by atoms with Gasteiger partial charge in [0, 0.05) is 0 Å². The van der Waals surface area contributed by atoms with Gasteiger partial charge in [-0.2, -0.15) is 0 Å². The van der Waals surface area contributed by atoms with Gasteiger partial charge in [-0.3, -0.25) is 9.59 Å². The van der Waals surface area contributed by atoms with Crippen LogP contribution in [0.2, 0.25) is 0 Å². The molecule has 0 aliphatic rings. The van der Waals surface area contributed by atoms with Gasteiger partial charge in [-0.05, 0) is 42.9 Å². The van der Waals surface area contributed by atoms with Gasteiger partial charge in [0.15, 0.2) is 0 Å². The van der Waals surface area contributed by atoms with E-state index in [2.05, 4.69) is 13.8 Å². The molecule has 0 aromatic heterocycles. The molecule has 0 aromatic carbocycles. The molecular weight excluding hydrogens is 292 g/mol. The Labute approximate surface area is 141 Å². The molecule has 2 unspecified atom stereocenters. The van der Waals surface area contributed by atoms with Crippen molar-refractivity contribution >= 4 is 11.9 Å². The first-order chi connectivity index (χ1) is 10.3. The van der Waals surface area contributed by atoms with Crippen LogP contribution in [0.25, 0.3) is 0 Å². The van der Waals surface area contributed by atoms with E-state index in [1.54, 1.807) is 0 Å². The summed E-state index contributed by atoms with van der Waals surface area (Å²) in [4.78, 5) is 24.9. The molecule has 136 valence electrons. The van der Waals surface area contributed by atoms with E-state index in [9.17, 15) is 19.8 Å². The Morgan fingerprint density at radius 1 is 0.826 bits per heavy atom. The fourth-order valence-electron chi connectivity index (χ4n) is 5.04. The summed E-state index contributed by atoms with van der Waals surface area (Å²) in [6.45, 7) is 15.5. The van der Waals surface area contributed by atoms with Crippen molar-refractivity contribution in [1.29, 1.82) is 0 Å². The van der Waals surface area contributed by atoms with Gasteiger partial charge < -0.3 is 10.2 Å². The molecule has 0 amide bonds.